The van der Waals surface area contributed by atoms with Crippen molar-refractivity contribution in [3.05, 3.63) is 88.4 Å². The average molecular weight is 507 g/mol. The van der Waals surface area contributed by atoms with E-state index in [0.717, 1.165) is 15.8 Å². The summed E-state index contributed by atoms with van der Waals surface area (Å²) in [7, 11) is 1.34. The first-order valence-corrected chi connectivity index (χ1v) is 12.0. The Labute approximate surface area is 210 Å². The quantitative estimate of drug-likeness (QED) is 0.208. The van der Waals surface area contributed by atoms with Crippen LogP contribution in [-0.2, 0) is 11.3 Å². The number of ether oxygens (including phenoxy) is 1. The van der Waals surface area contributed by atoms with Crippen molar-refractivity contribution >= 4 is 78.6 Å². The molecule has 0 amide bonds. The summed E-state index contributed by atoms with van der Waals surface area (Å²) in [5.41, 5.74) is 1.97. The van der Waals surface area contributed by atoms with Gasteiger partial charge < -0.3 is 15.4 Å². The van der Waals surface area contributed by atoms with E-state index in [1.54, 1.807) is 0 Å². The maximum absolute atomic E-state index is 11.9. The molecule has 0 fully saturated rings. The van der Waals surface area contributed by atoms with Crippen LogP contribution >= 0.6 is 35.2 Å². The Morgan fingerprint density at radius 2 is 1.91 bits per heavy atom. The largest absolute Gasteiger partial charge is 0.465 e. The third kappa shape index (κ3) is 4.48. The fraction of sp³-hybridized carbons (Fsp3) is 0.0800. The molecule has 0 aliphatic heterocycles. The first-order chi connectivity index (χ1) is 16.5. The van der Waals surface area contributed by atoms with Crippen molar-refractivity contribution in [1.82, 2.24) is 9.78 Å². The number of benzene rings is 3. The molecule has 0 radical (unpaired) electrons. The number of rotatable bonds is 5. The van der Waals surface area contributed by atoms with Gasteiger partial charge in [0.25, 0.3) is 0 Å². The molecular formula is C25H19ClN4O2S2. The Morgan fingerprint density at radius 1 is 1.09 bits per heavy atom. The van der Waals surface area contributed by atoms with Crippen LogP contribution in [-0.4, -0.2) is 28.0 Å². The highest BCUT2D eigenvalue weighted by Gasteiger charge is 2.18. The lowest BCUT2D eigenvalue weighted by Crippen LogP contribution is -2.19. The van der Waals surface area contributed by atoms with Gasteiger partial charge >= 0.3 is 5.97 Å². The Bertz CT molecular complexity index is 1540. The number of thiophene rings is 1. The van der Waals surface area contributed by atoms with Crippen LogP contribution in [0.25, 0.3) is 20.9 Å². The second kappa shape index (κ2) is 9.42. The molecule has 2 heterocycles. The number of esters is 1. The van der Waals surface area contributed by atoms with Crippen LogP contribution in [0.4, 0.5) is 11.5 Å². The van der Waals surface area contributed by atoms with Crippen molar-refractivity contribution in [3.8, 4) is 0 Å². The minimum atomic E-state index is -0.447. The van der Waals surface area contributed by atoms with Crippen LogP contribution < -0.4 is 10.6 Å². The zero-order valence-electron chi connectivity index (χ0n) is 18.0. The Hall–Kier alpha value is -3.46. The number of halogens is 1. The molecule has 0 aliphatic carbocycles. The predicted molar refractivity (Wildman–Crippen MR) is 143 cm³/mol. The molecule has 0 bridgehead atoms. The van der Waals surface area contributed by atoms with E-state index in [9.17, 15) is 4.79 Å². The van der Waals surface area contributed by atoms with E-state index >= 15 is 0 Å². The van der Waals surface area contributed by atoms with Crippen molar-refractivity contribution in [2.75, 3.05) is 17.7 Å². The van der Waals surface area contributed by atoms with Gasteiger partial charge in [-0.1, -0.05) is 54.1 Å². The molecule has 0 unspecified atom stereocenters. The standard InChI is InChI=1S/C25H19ClN4O2S2/c1-32-24(31)23-22(26)19-10-9-17(13-20(19)34-23)27-25(33)28-21-11-12-30(29-21)14-16-7-4-6-15-5-2-3-8-18(15)16/h2-13H,14H2,1H3,(H2,27,28,29,33). The number of fused-ring (bicyclic) bond motifs is 2. The highest BCUT2D eigenvalue weighted by Crippen LogP contribution is 2.37. The summed E-state index contributed by atoms with van der Waals surface area (Å²) in [6, 6.07) is 22.1. The number of thiocarbonyl (C=S) groups is 1. The number of aromatic nitrogens is 2. The zero-order chi connectivity index (χ0) is 23.7. The lowest BCUT2D eigenvalue weighted by Gasteiger charge is -2.09. The number of nitrogens with zero attached hydrogens (tertiary/aromatic N) is 2. The molecule has 9 heteroatoms. The van der Waals surface area contributed by atoms with E-state index in [0.29, 0.717) is 27.4 Å². The zero-order valence-corrected chi connectivity index (χ0v) is 20.4. The third-order valence-electron chi connectivity index (χ3n) is 5.35. The number of carbonyl (C=O) groups excluding carboxylic acids is 1. The maximum Gasteiger partial charge on any atom is 0.349 e. The van der Waals surface area contributed by atoms with E-state index < -0.39 is 5.97 Å². The molecule has 0 saturated heterocycles. The van der Waals surface area contributed by atoms with Crippen LogP contribution in [0, 0.1) is 0 Å². The van der Waals surface area contributed by atoms with Crippen molar-refractivity contribution in [3.63, 3.8) is 0 Å². The Balaban J connectivity index is 1.27. The summed E-state index contributed by atoms with van der Waals surface area (Å²) < 4.78 is 7.53. The normalized spacial score (nSPS) is 11.0. The van der Waals surface area contributed by atoms with Gasteiger partial charge in [-0.15, -0.1) is 11.3 Å². The average Bonchev–Trinajstić information content (AvgIpc) is 3.42. The smallest absolute Gasteiger partial charge is 0.349 e. The van der Waals surface area contributed by atoms with E-state index in [1.165, 1.54) is 34.8 Å². The highest BCUT2D eigenvalue weighted by atomic mass is 35.5. The molecule has 6 nitrogen and oxygen atoms in total. The van der Waals surface area contributed by atoms with Crippen LogP contribution in [0.15, 0.2) is 72.9 Å². The predicted octanol–water partition coefficient (Wildman–Crippen LogP) is 6.55. The van der Waals surface area contributed by atoms with Crippen molar-refractivity contribution < 1.29 is 9.53 Å². The van der Waals surface area contributed by atoms with Gasteiger partial charge in [0.15, 0.2) is 10.9 Å². The SMILES string of the molecule is COC(=O)c1sc2cc(NC(=S)Nc3ccn(Cc4cccc5ccccc45)n3)ccc2c1Cl. The molecular weight excluding hydrogens is 488 g/mol. The molecule has 5 aromatic rings. The van der Waals surface area contributed by atoms with Crippen molar-refractivity contribution in [2.24, 2.45) is 0 Å². The molecule has 2 aromatic heterocycles. The molecule has 34 heavy (non-hydrogen) atoms. The lowest BCUT2D eigenvalue weighted by molar-refractivity contribution is 0.0606. The summed E-state index contributed by atoms with van der Waals surface area (Å²) in [6.45, 7) is 0.654. The summed E-state index contributed by atoms with van der Waals surface area (Å²) in [5.74, 6) is 0.197. The number of anilines is 2. The molecule has 5 rings (SSSR count). The maximum atomic E-state index is 11.9. The molecule has 0 atom stereocenters. The van der Waals surface area contributed by atoms with Crippen LogP contribution in [0.3, 0.4) is 0 Å². The van der Waals surface area contributed by atoms with Crippen LogP contribution in [0.5, 0.6) is 0 Å². The molecule has 2 N–H and O–H groups in total. The summed E-state index contributed by atoms with van der Waals surface area (Å²) in [5, 5.41) is 14.9. The number of nitrogens with one attached hydrogen (secondary N) is 2. The number of carbonyl (C=O) groups is 1. The fourth-order valence-corrected chi connectivity index (χ4v) is 5.46. The summed E-state index contributed by atoms with van der Waals surface area (Å²) >= 11 is 13.1. The first kappa shape index (κ1) is 22.3. The lowest BCUT2D eigenvalue weighted by atomic mass is 10.0. The van der Waals surface area contributed by atoms with E-state index in [4.69, 9.17) is 28.6 Å². The second-order valence-corrected chi connectivity index (χ2v) is 9.40. The molecule has 0 aliphatic rings. The monoisotopic (exact) mass is 506 g/mol. The van der Waals surface area contributed by atoms with Gasteiger partial charge in [0, 0.05) is 28.0 Å². The molecule has 170 valence electrons. The second-order valence-electron chi connectivity index (χ2n) is 7.56. The summed E-state index contributed by atoms with van der Waals surface area (Å²) in [6.07, 6.45) is 1.92. The summed E-state index contributed by atoms with van der Waals surface area (Å²) in [4.78, 5) is 12.3. The van der Waals surface area contributed by atoms with Gasteiger partial charge in [-0.3, -0.25) is 4.68 Å². The fourth-order valence-electron chi connectivity index (χ4n) is 3.77. The van der Waals surface area contributed by atoms with Crippen LogP contribution in [0.1, 0.15) is 15.2 Å². The molecule has 3 aromatic carbocycles. The van der Waals surface area contributed by atoms with Gasteiger partial charge in [0.05, 0.1) is 18.7 Å². The topological polar surface area (TPSA) is 68.2 Å². The molecule has 0 saturated carbocycles. The van der Waals surface area contributed by atoms with E-state index in [1.807, 2.05) is 47.3 Å². The number of hydrogen-bond acceptors (Lipinski definition) is 5. The van der Waals surface area contributed by atoms with Crippen molar-refractivity contribution in [1.29, 1.82) is 0 Å². The first-order valence-electron chi connectivity index (χ1n) is 10.4. The minimum absolute atomic E-state index is 0.383. The van der Waals surface area contributed by atoms with Crippen molar-refractivity contribution in [2.45, 2.75) is 6.54 Å². The van der Waals surface area contributed by atoms with Gasteiger partial charge in [0.2, 0.25) is 0 Å². The number of methoxy groups -OCH3 is 1. The van der Waals surface area contributed by atoms with Gasteiger partial charge in [-0.2, -0.15) is 5.10 Å². The van der Waals surface area contributed by atoms with E-state index in [-0.39, 0.29) is 0 Å². The van der Waals surface area contributed by atoms with Gasteiger partial charge in [-0.25, -0.2) is 4.79 Å². The highest BCUT2D eigenvalue weighted by molar-refractivity contribution is 7.80. The number of hydrogen-bond donors (Lipinski definition) is 2. The van der Waals surface area contributed by atoms with E-state index in [2.05, 4.69) is 46.1 Å². The Kier molecular flexibility index (Phi) is 6.19. The Morgan fingerprint density at radius 3 is 2.76 bits per heavy atom. The minimum Gasteiger partial charge on any atom is -0.465 e. The molecule has 0 spiro atoms. The third-order valence-corrected chi connectivity index (χ3v) is 7.19. The van der Waals surface area contributed by atoms with Gasteiger partial charge in [0.1, 0.15) is 4.88 Å². The van der Waals surface area contributed by atoms with Gasteiger partial charge in [-0.05, 0) is 46.8 Å². The van der Waals surface area contributed by atoms with Crippen LogP contribution in [0.2, 0.25) is 5.02 Å².